The maximum atomic E-state index is 5.58. The van der Waals surface area contributed by atoms with Gasteiger partial charge in [0.15, 0.2) is 0 Å². The highest BCUT2D eigenvalue weighted by Crippen LogP contribution is 2.43. The maximum absolute atomic E-state index is 5.58. The lowest BCUT2D eigenvalue weighted by molar-refractivity contribution is 0.122. The number of anilines is 2. The Hall–Kier alpha value is -2.77. The number of aryl methyl sites for hydroxylation is 2. The average Bonchev–Trinajstić information content (AvgIpc) is 3.48. The normalized spacial score (nSPS) is 16.9. The molecule has 0 saturated carbocycles. The molecule has 3 aromatic heterocycles. The van der Waals surface area contributed by atoms with Crippen molar-refractivity contribution < 1.29 is 4.74 Å². The van der Waals surface area contributed by atoms with Gasteiger partial charge in [-0.3, -0.25) is 0 Å². The van der Waals surface area contributed by atoms with E-state index in [2.05, 4.69) is 52.5 Å². The van der Waals surface area contributed by atoms with E-state index in [1.165, 1.54) is 34.3 Å². The topological polar surface area (TPSA) is 63.2 Å². The number of nitrogens with one attached hydrogen (secondary N) is 1. The van der Waals surface area contributed by atoms with Gasteiger partial charge in [0.2, 0.25) is 0 Å². The Morgan fingerprint density at radius 2 is 1.91 bits per heavy atom. The Labute approximate surface area is 198 Å². The first-order valence-corrected chi connectivity index (χ1v) is 12.8. The minimum Gasteiger partial charge on any atom is -0.378 e. The minimum absolute atomic E-state index is 0.316. The third-order valence-electron chi connectivity index (χ3n) is 6.85. The van der Waals surface area contributed by atoms with Gasteiger partial charge in [0.1, 0.15) is 22.8 Å². The molecule has 1 aliphatic carbocycles. The lowest BCUT2D eigenvalue weighted by atomic mass is 10.1. The molecule has 0 bridgehead atoms. The first-order valence-electron chi connectivity index (χ1n) is 12.0. The lowest BCUT2D eigenvalue weighted by Gasteiger charge is -2.29. The van der Waals surface area contributed by atoms with E-state index in [1.54, 1.807) is 17.7 Å². The van der Waals surface area contributed by atoms with Crippen molar-refractivity contribution in [1.82, 2.24) is 15.0 Å². The zero-order valence-electron chi connectivity index (χ0n) is 19.0. The van der Waals surface area contributed by atoms with Crippen molar-refractivity contribution in [2.75, 3.05) is 36.5 Å². The molecule has 4 aromatic rings. The summed E-state index contributed by atoms with van der Waals surface area (Å²) < 4.78 is 6.71. The molecule has 6 rings (SSSR count). The molecule has 0 unspecified atom stereocenters. The molecule has 1 aliphatic heterocycles. The van der Waals surface area contributed by atoms with Crippen LogP contribution in [0.4, 0.5) is 11.6 Å². The van der Waals surface area contributed by atoms with E-state index in [9.17, 15) is 0 Å². The van der Waals surface area contributed by atoms with Crippen molar-refractivity contribution in [3.63, 3.8) is 0 Å². The molecule has 0 radical (unpaired) electrons. The van der Waals surface area contributed by atoms with Crippen LogP contribution in [0.1, 0.15) is 36.5 Å². The van der Waals surface area contributed by atoms with Crippen molar-refractivity contribution in [2.45, 2.75) is 45.1 Å². The van der Waals surface area contributed by atoms with Gasteiger partial charge < -0.3 is 15.0 Å². The summed E-state index contributed by atoms with van der Waals surface area (Å²) >= 11 is 1.73. The Balaban J connectivity index is 1.34. The summed E-state index contributed by atoms with van der Waals surface area (Å²) in [4.78, 5) is 18.1. The second-order valence-electron chi connectivity index (χ2n) is 9.10. The van der Waals surface area contributed by atoms with Crippen molar-refractivity contribution >= 4 is 43.4 Å². The van der Waals surface area contributed by atoms with Crippen LogP contribution in [0.2, 0.25) is 0 Å². The third kappa shape index (κ3) is 3.93. The van der Waals surface area contributed by atoms with E-state index in [0.717, 1.165) is 72.9 Å². The van der Waals surface area contributed by atoms with E-state index >= 15 is 0 Å². The van der Waals surface area contributed by atoms with E-state index < -0.39 is 0 Å². The molecule has 1 saturated heterocycles. The second-order valence-corrected chi connectivity index (χ2v) is 10.1. The molecular formula is C26H29N5OS. The molecule has 1 aromatic carbocycles. The summed E-state index contributed by atoms with van der Waals surface area (Å²) in [7, 11) is 0. The molecule has 4 heterocycles. The van der Waals surface area contributed by atoms with Crippen molar-refractivity contribution in [1.29, 1.82) is 0 Å². The van der Waals surface area contributed by atoms with Gasteiger partial charge in [-0.1, -0.05) is 30.3 Å². The van der Waals surface area contributed by atoms with Crippen molar-refractivity contribution in [2.24, 2.45) is 0 Å². The Bertz CT molecular complexity index is 1280. The van der Waals surface area contributed by atoms with Gasteiger partial charge in [-0.25, -0.2) is 15.0 Å². The Morgan fingerprint density at radius 1 is 1.09 bits per heavy atom. The van der Waals surface area contributed by atoms with Crippen LogP contribution in [-0.4, -0.2) is 47.3 Å². The van der Waals surface area contributed by atoms with E-state index in [1.807, 2.05) is 0 Å². The number of morpholine rings is 1. The summed E-state index contributed by atoms with van der Waals surface area (Å²) in [5.41, 5.74) is 5.31. The Morgan fingerprint density at radius 3 is 2.76 bits per heavy atom. The lowest BCUT2D eigenvalue weighted by Crippen LogP contribution is -2.37. The zero-order chi connectivity index (χ0) is 22.2. The van der Waals surface area contributed by atoms with Gasteiger partial charge >= 0.3 is 0 Å². The van der Waals surface area contributed by atoms with Crippen molar-refractivity contribution in [3.8, 4) is 0 Å². The highest BCUT2D eigenvalue weighted by atomic mass is 32.1. The van der Waals surface area contributed by atoms with Crippen LogP contribution >= 0.6 is 11.3 Å². The highest BCUT2D eigenvalue weighted by Gasteiger charge is 2.27. The van der Waals surface area contributed by atoms with Crippen LogP contribution < -0.4 is 10.2 Å². The first-order chi connectivity index (χ1) is 16.3. The molecule has 0 spiro atoms. The SMILES string of the molecule is C[C@H](CCc1ccccc1)Nc1ncnc2c1sc1nc(N3CCOCC3)c3c(c12)CCC3. The molecule has 1 fully saturated rings. The molecule has 1 atom stereocenters. The molecule has 1 N–H and O–H groups in total. The number of rotatable bonds is 6. The second kappa shape index (κ2) is 8.88. The van der Waals surface area contributed by atoms with Gasteiger partial charge in [-0.05, 0) is 55.7 Å². The number of aromatic nitrogens is 3. The zero-order valence-corrected chi connectivity index (χ0v) is 19.8. The first kappa shape index (κ1) is 20.8. The van der Waals surface area contributed by atoms with Crippen molar-refractivity contribution in [3.05, 3.63) is 53.3 Å². The molecule has 7 heteroatoms. The van der Waals surface area contributed by atoms with Crippen LogP contribution in [-0.2, 0) is 24.0 Å². The number of hydrogen-bond acceptors (Lipinski definition) is 7. The van der Waals surface area contributed by atoms with E-state index in [4.69, 9.17) is 14.7 Å². The van der Waals surface area contributed by atoms with E-state index in [-0.39, 0.29) is 0 Å². The van der Waals surface area contributed by atoms with Crippen LogP contribution in [0.5, 0.6) is 0 Å². The van der Waals surface area contributed by atoms with Gasteiger partial charge in [0.05, 0.1) is 23.4 Å². The van der Waals surface area contributed by atoms with Crippen LogP contribution in [0.25, 0.3) is 20.4 Å². The number of pyridine rings is 1. The van der Waals surface area contributed by atoms with Gasteiger partial charge in [0.25, 0.3) is 0 Å². The van der Waals surface area contributed by atoms with E-state index in [0.29, 0.717) is 6.04 Å². The van der Waals surface area contributed by atoms with Gasteiger partial charge in [0, 0.05) is 24.5 Å². The molecule has 0 amide bonds. The molecule has 6 nitrogen and oxygen atoms in total. The van der Waals surface area contributed by atoms with Crippen LogP contribution in [0, 0.1) is 0 Å². The number of hydrogen-bond donors (Lipinski definition) is 1. The number of nitrogens with zero attached hydrogens (tertiary/aromatic N) is 4. The summed E-state index contributed by atoms with van der Waals surface area (Å²) in [6, 6.07) is 11.0. The summed E-state index contributed by atoms with van der Waals surface area (Å²) in [5.74, 6) is 2.10. The molecule has 2 aliphatic rings. The van der Waals surface area contributed by atoms with Gasteiger partial charge in [-0.2, -0.15) is 0 Å². The average molecular weight is 460 g/mol. The fourth-order valence-electron chi connectivity index (χ4n) is 5.15. The molecule has 170 valence electrons. The highest BCUT2D eigenvalue weighted by molar-refractivity contribution is 7.26. The largest absolute Gasteiger partial charge is 0.378 e. The van der Waals surface area contributed by atoms with Crippen LogP contribution in [0.3, 0.4) is 0 Å². The predicted molar refractivity (Wildman–Crippen MR) is 136 cm³/mol. The number of ether oxygens (including phenoxy) is 1. The smallest absolute Gasteiger partial charge is 0.147 e. The quantitative estimate of drug-likeness (QED) is 0.438. The summed E-state index contributed by atoms with van der Waals surface area (Å²) in [6.07, 6.45) is 7.21. The third-order valence-corrected chi connectivity index (χ3v) is 7.93. The summed E-state index contributed by atoms with van der Waals surface area (Å²) in [5, 5.41) is 4.92. The van der Waals surface area contributed by atoms with Gasteiger partial charge in [-0.15, -0.1) is 11.3 Å². The summed E-state index contributed by atoms with van der Waals surface area (Å²) in [6.45, 7) is 5.63. The number of benzene rings is 1. The molecular weight excluding hydrogens is 430 g/mol. The fraction of sp³-hybridized carbons (Fsp3) is 0.423. The standard InChI is InChI=1S/C26H29N5OS/c1-17(10-11-18-6-3-2-4-7-18)29-24-23-22(27-16-28-24)21-19-8-5-9-20(19)25(30-26(21)33-23)31-12-14-32-15-13-31/h2-4,6-7,16-17H,5,8-15H2,1H3,(H,27,28,29)/t17-/m1/s1. The number of thiophene rings is 1. The Kier molecular flexibility index (Phi) is 5.60. The fourth-order valence-corrected chi connectivity index (χ4v) is 6.26. The maximum Gasteiger partial charge on any atom is 0.147 e. The molecule has 33 heavy (non-hydrogen) atoms. The van der Waals surface area contributed by atoms with Crippen LogP contribution in [0.15, 0.2) is 36.7 Å². The monoisotopic (exact) mass is 459 g/mol. The predicted octanol–water partition coefficient (Wildman–Crippen LogP) is 5.00. The number of fused-ring (bicyclic) bond motifs is 5. The minimum atomic E-state index is 0.316.